The van der Waals surface area contributed by atoms with Crippen molar-refractivity contribution in [1.29, 1.82) is 0 Å². The van der Waals surface area contributed by atoms with Crippen LogP contribution in [0.15, 0.2) is 12.2 Å². The molecule has 96 heavy (non-hydrogen) atoms. The van der Waals surface area contributed by atoms with Crippen LogP contribution in [0, 0.1) is 21.7 Å². The molecule has 0 saturated carbocycles. The molecule has 3 amide bonds. The molecule has 0 aromatic rings. The molecule has 2 aliphatic heterocycles. The number of alkyl halides is 6. The van der Waals surface area contributed by atoms with Crippen molar-refractivity contribution >= 4 is 159 Å². The molecule has 0 spiro atoms. The van der Waals surface area contributed by atoms with Crippen molar-refractivity contribution in [2.75, 3.05) is 139 Å². The number of hydrogen-bond acceptors (Lipinski definition) is 23. The molecule has 2 heterocycles. The molecule has 34 heteroatoms. The van der Waals surface area contributed by atoms with Crippen LogP contribution in [-0.4, -0.2) is 249 Å². The molecule has 1 saturated heterocycles. The van der Waals surface area contributed by atoms with E-state index >= 15 is 0 Å². The maximum atomic E-state index is 14.9. The predicted octanol–water partition coefficient (Wildman–Crippen LogP) is 6.47. The van der Waals surface area contributed by atoms with Crippen LogP contribution < -0.4 is 16.0 Å². The Morgan fingerprint density at radius 3 is 0.917 bits per heavy atom. The van der Waals surface area contributed by atoms with Gasteiger partial charge in [0, 0.05) is 45.2 Å². The summed E-state index contributed by atoms with van der Waals surface area (Å²) in [7, 11) is -1.95. The van der Waals surface area contributed by atoms with E-state index in [1.807, 2.05) is 12.2 Å². The maximum absolute atomic E-state index is 14.9. The van der Waals surface area contributed by atoms with E-state index in [4.69, 9.17) is 56.8 Å². The number of carbonyl (C=O) groups excluding carboxylic acids is 9. The van der Waals surface area contributed by atoms with E-state index in [1.165, 1.54) is 108 Å². The van der Waals surface area contributed by atoms with Crippen molar-refractivity contribution in [3.8, 4) is 0 Å². The molecule has 27 nitrogen and oxygen atoms in total. The SMILES string of the molecule is CN(CCCOCCOCCOCCOCCOCC(CNC(=O)C(C)(COC(=O)C(C)(C)Br)COC(=O)C(C)(C)Br)(CNC(=O)C(C)(COC(=O)C(C)(C)Br)COC(=O)C(C)(C)Br)CNC(=O)C(C)(COC(=O)C(C)(C)Br)COC(=O)C(C)(C)Br)S(=O)(=O)C1CC2C=CC1O2. The zero-order valence-electron chi connectivity index (χ0n) is 58.0. The lowest BCUT2D eigenvalue weighted by Gasteiger charge is -2.38. The Labute approximate surface area is 615 Å². The molecule has 0 radical (unpaired) electrons. The van der Waals surface area contributed by atoms with Gasteiger partial charge in [-0.1, -0.05) is 108 Å². The first-order valence-corrected chi connectivity index (χ1v) is 37.3. The molecule has 1 fully saturated rings. The number of nitrogens with one attached hydrogen (secondary N) is 3. The third kappa shape index (κ3) is 31.0. The highest BCUT2D eigenvalue weighted by Crippen LogP contribution is 2.35. The lowest BCUT2D eigenvalue weighted by Crippen LogP contribution is -2.59. The number of hydrogen-bond donors (Lipinski definition) is 3. The number of esters is 6. The summed E-state index contributed by atoms with van der Waals surface area (Å²) >= 11 is 19.6. The minimum Gasteiger partial charge on any atom is -0.463 e. The fraction of sp³-hybridized carbons (Fsp3) is 0.823. The van der Waals surface area contributed by atoms with Crippen molar-refractivity contribution in [2.24, 2.45) is 21.7 Å². The molecule has 0 aliphatic carbocycles. The molecule has 3 atom stereocenters. The van der Waals surface area contributed by atoms with E-state index < -0.39 is 188 Å². The summed E-state index contributed by atoms with van der Waals surface area (Å²) in [6, 6.07) is 0. The number of fused-ring (bicyclic) bond motifs is 2. The molecular weight excluding hydrogens is 1680 g/mol. The van der Waals surface area contributed by atoms with Crippen LogP contribution in [0.1, 0.15) is 117 Å². The summed E-state index contributed by atoms with van der Waals surface area (Å²) < 4.78 is 88.6. The van der Waals surface area contributed by atoms with E-state index in [9.17, 15) is 51.6 Å². The van der Waals surface area contributed by atoms with Crippen LogP contribution in [0.5, 0.6) is 0 Å². The van der Waals surface area contributed by atoms with Crippen molar-refractivity contribution in [3.63, 3.8) is 0 Å². The monoisotopic (exact) mass is 1770 g/mol. The van der Waals surface area contributed by atoms with Crippen LogP contribution in [0.25, 0.3) is 0 Å². The van der Waals surface area contributed by atoms with Crippen molar-refractivity contribution in [3.05, 3.63) is 12.2 Å². The standard InChI is InChI=1S/C62H100Br6N4O23S/c1-53(2,63)47(76)89-34-59(13,35-90-48(77)54(3,4)64)44(73)69-31-62(32-70-45(74)60(14,36-91-49(78)55(5,6)65)37-92-50(79)56(7,8)66,33-71-46(75)61(15,38-93-51(80)57(9,10)67)39-94-52(81)58(11,12)68)40-88-29-28-87-27-26-86-25-24-85-23-22-84-21-17-20-72(16)96(82,83)43-30-41-18-19-42(43)95-41/h18-19,41-43H,17,20-40H2,1-16H3,(H,69,73)(H,70,74)(H,71,75). The molecule has 3 N–H and O–H groups in total. The van der Waals surface area contributed by atoms with Gasteiger partial charge in [0.25, 0.3) is 0 Å². The minimum absolute atomic E-state index is 0.0265. The van der Waals surface area contributed by atoms with Crippen LogP contribution >= 0.6 is 95.6 Å². The highest BCUT2D eigenvalue weighted by Gasteiger charge is 2.48. The average Bonchev–Trinajstić information content (AvgIpc) is 1.71. The third-order valence-electron chi connectivity index (χ3n) is 14.7. The quantitative estimate of drug-likeness (QED) is 0.0193. The first-order chi connectivity index (χ1) is 43.8. The van der Waals surface area contributed by atoms with E-state index in [1.54, 1.807) is 7.05 Å². The normalized spacial score (nSPS) is 16.6. The first-order valence-electron chi connectivity index (χ1n) is 31.0. The Balaban J connectivity index is 2.51. The number of rotatable bonds is 47. The number of nitrogens with zero attached hydrogens (tertiary/aromatic N) is 1. The van der Waals surface area contributed by atoms with E-state index in [2.05, 4.69) is 112 Å². The van der Waals surface area contributed by atoms with Gasteiger partial charge in [0.15, 0.2) is 0 Å². The molecule has 2 rings (SSSR count). The average molecular weight is 1780 g/mol. The molecule has 0 aromatic heterocycles. The van der Waals surface area contributed by atoms with Gasteiger partial charge in [0.2, 0.25) is 27.7 Å². The molecule has 554 valence electrons. The fourth-order valence-corrected chi connectivity index (χ4v) is 10.6. The summed E-state index contributed by atoms with van der Waals surface area (Å²) in [5, 5.41) is 7.97. The van der Waals surface area contributed by atoms with Gasteiger partial charge >= 0.3 is 35.8 Å². The second-order valence-electron chi connectivity index (χ2n) is 27.5. The second-order valence-corrected chi connectivity index (χ2v) is 41.7. The van der Waals surface area contributed by atoms with Gasteiger partial charge in [0.05, 0.1) is 71.7 Å². The highest BCUT2D eigenvalue weighted by atomic mass is 79.9. The second kappa shape index (κ2) is 38.7. The number of amides is 3. The number of carbonyl (C=O) groups is 9. The molecule has 3 unspecified atom stereocenters. The van der Waals surface area contributed by atoms with Gasteiger partial charge in [-0.25, -0.2) is 12.7 Å². The number of ether oxygens (including phenoxy) is 12. The molecule has 0 aromatic carbocycles. The van der Waals surface area contributed by atoms with Gasteiger partial charge in [-0.05, 0) is 117 Å². The Morgan fingerprint density at radius 1 is 0.417 bits per heavy atom. The smallest absolute Gasteiger partial charge is 0.322 e. The van der Waals surface area contributed by atoms with Gasteiger partial charge in [-0.2, -0.15) is 0 Å². The molecular formula is C62H100Br6N4O23S. The summed E-state index contributed by atoms with van der Waals surface area (Å²) in [4.78, 5) is 124. The van der Waals surface area contributed by atoms with Crippen LogP contribution in [0.2, 0.25) is 0 Å². The highest BCUT2D eigenvalue weighted by molar-refractivity contribution is 9.11. The minimum atomic E-state index is -3.51. The fourth-order valence-electron chi connectivity index (χ4n) is 8.12. The molecule has 2 aliphatic rings. The Kier molecular flexibility index (Phi) is 36.1. The largest absolute Gasteiger partial charge is 0.463 e. The Morgan fingerprint density at radius 2 is 0.677 bits per heavy atom. The Hall–Kier alpha value is -2.48. The Bertz CT molecular complexity index is 2460. The van der Waals surface area contributed by atoms with Gasteiger partial charge < -0.3 is 72.8 Å². The van der Waals surface area contributed by atoms with Crippen molar-refractivity contribution in [2.45, 2.75) is 160 Å². The summed E-state index contributed by atoms with van der Waals surface area (Å²) in [5.74, 6) is -7.07. The topological polar surface area (TPSA) is 338 Å². The summed E-state index contributed by atoms with van der Waals surface area (Å²) in [6.45, 7) is 18.7. The maximum Gasteiger partial charge on any atom is 0.322 e. The van der Waals surface area contributed by atoms with E-state index in [-0.39, 0.29) is 59.0 Å². The van der Waals surface area contributed by atoms with Gasteiger partial charge in [-0.15, -0.1) is 0 Å². The van der Waals surface area contributed by atoms with E-state index in [0.29, 0.717) is 26.0 Å². The van der Waals surface area contributed by atoms with Crippen LogP contribution in [0.4, 0.5) is 0 Å². The van der Waals surface area contributed by atoms with Crippen molar-refractivity contribution in [1.82, 2.24) is 20.3 Å². The summed E-state index contributed by atoms with van der Waals surface area (Å²) in [6.07, 6.45) is 4.10. The van der Waals surface area contributed by atoms with Crippen LogP contribution in [0.3, 0.4) is 0 Å². The third-order valence-corrected chi connectivity index (χ3v) is 18.9. The summed E-state index contributed by atoms with van der Waals surface area (Å²) in [5.41, 5.74) is -7.10. The lowest BCUT2D eigenvalue weighted by molar-refractivity contribution is -0.161. The van der Waals surface area contributed by atoms with Gasteiger partial charge in [0.1, 0.15) is 87.1 Å². The lowest BCUT2D eigenvalue weighted by atomic mass is 9.84. The number of halogens is 6. The van der Waals surface area contributed by atoms with E-state index in [0.717, 1.165) is 0 Å². The zero-order valence-corrected chi connectivity index (χ0v) is 68.3. The first kappa shape index (κ1) is 89.6. The molecule has 2 bridgehead atoms. The van der Waals surface area contributed by atoms with Gasteiger partial charge in [-0.3, -0.25) is 43.2 Å². The zero-order chi connectivity index (χ0) is 73.6. The number of sulfonamides is 1. The van der Waals surface area contributed by atoms with Crippen LogP contribution in [-0.2, 0) is 110 Å². The predicted molar refractivity (Wildman–Crippen MR) is 376 cm³/mol. The van der Waals surface area contributed by atoms with Crippen molar-refractivity contribution < 1.29 is 108 Å².